The van der Waals surface area contributed by atoms with Gasteiger partial charge in [-0.25, -0.2) is 0 Å². The molecule has 0 radical (unpaired) electrons. The molecular formula is C14H17NO5S. The first kappa shape index (κ1) is 19.0. The fourth-order valence-corrected chi connectivity index (χ4v) is 1.79. The van der Waals surface area contributed by atoms with Gasteiger partial charge >= 0.3 is 5.97 Å². The predicted octanol–water partition coefficient (Wildman–Crippen LogP) is 1.74. The summed E-state index contributed by atoms with van der Waals surface area (Å²) in [6, 6.07) is 6.98. The summed E-state index contributed by atoms with van der Waals surface area (Å²) in [4.78, 5) is 20.1. The summed E-state index contributed by atoms with van der Waals surface area (Å²) in [6.07, 6.45) is 1.23. The lowest BCUT2D eigenvalue weighted by Crippen LogP contribution is -2.00. The minimum Gasteiger partial charge on any atom is -0.612 e. The maximum atomic E-state index is 11.2. The van der Waals surface area contributed by atoms with Gasteiger partial charge in [0.05, 0.1) is 12.2 Å². The molecule has 0 saturated carbocycles. The Balaban J connectivity index is 0.000000486. The molecule has 0 bridgehead atoms. The van der Waals surface area contributed by atoms with Gasteiger partial charge in [0.15, 0.2) is 4.90 Å². The number of nitrogens with zero attached hydrogens (tertiary/aromatic N) is 1. The number of ether oxygens (including phenoxy) is 1. The summed E-state index contributed by atoms with van der Waals surface area (Å²) >= 11 is -1.04. The number of hydrogen-bond acceptors (Lipinski definition) is 5. The second-order valence-corrected chi connectivity index (χ2v) is 5.31. The van der Waals surface area contributed by atoms with Crippen molar-refractivity contribution in [2.45, 2.75) is 25.2 Å². The second kappa shape index (κ2) is 9.80. The Labute approximate surface area is 126 Å². The van der Waals surface area contributed by atoms with Crippen LogP contribution in [0.3, 0.4) is 0 Å². The van der Waals surface area contributed by atoms with Crippen molar-refractivity contribution in [2.75, 3.05) is 12.9 Å². The van der Waals surface area contributed by atoms with Crippen LogP contribution in [0.4, 0.5) is 0 Å². The van der Waals surface area contributed by atoms with Crippen molar-refractivity contribution in [3.63, 3.8) is 0 Å². The van der Waals surface area contributed by atoms with Crippen LogP contribution in [0.5, 0.6) is 5.75 Å². The summed E-state index contributed by atoms with van der Waals surface area (Å²) in [5.74, 6) is -0.872. The molecule has 7 heteroatoms. The molecule has 0 saturated heterocycles. The number of hydrogen-bond donors (Lipinski definition) is 1. The number of carboxylic acid groups (broad SMARTS) is 1. The van der Waals surface area contributed by atoms with E-state index in [0.717, 1.165) is 0 Å². The zero-order chi connectivity index (χ0) is 16.4. The Morgan fingerprint density at radius 1 is 1.48 bits per heavy atom. The zero-order valence-electron chi connectivity index (χ0n) is 12.1. The van der Waals surface area contributed by atoms with Crippen LogP contribution in [0.2, 0.25) is 0 Å². The van der Waals surface area contributed by atoms with E-state index in [1.165, 1.54) is 6.92 Å². The first-order valence-electron chi connectivity index (χ1n) is 6.03. The number of carbonyl (C=O) groups is 2. The summed E-state index contributed by atoms with van der Waals surface area (Å²) in [6.45, 7) is 3.58. The smallest absolute Gasteiger partial charge is 0.310 e. The summed E-state index contributed by atoms with van der Waals surface area (Å²) in [5, 5.41) is 16.6. The molecule has 0 aliphatic rings. The average molecular weight is 311 g/mol. The number of carboxylic acids is 1. The molecule has 1 N–H and O–H groups in total. The van der Waals surface area contributed by atoms with Gasteiger partial charge in [0.1, 0.15) is 30.3 Å². The molecule has 0 aliphatic heterocycles. The summed E-state index contributed by atoms with van der Waals surface area (Å²) in [7, 11) is 0. The molecule has 0 fully saturated rings. The highest BCUT2D eigenvalue weighted by Gasteiger charge is 2.09. The third-order valence-corrected chi connectivity index (χ3v) is 3.02. The maximum absolute atomic E-state index is 11.2. The van der Waals surface area contributed by atoms with Gasteiger partial charge in [-0.3, -0.25) is 9.59 Å². The number of nitriles is 1. The second-order valence-electron chi connectivity index (χ2n) is 3.93. The van der Waals surface area contributed by atoms with Gasteiger partial charge in [0.2, 0.25) is 0 Å². The Morgan fingerprint density at radius 3 is 2.43 bits per heavy atom. The largest absolute Gasteiger partial charge is 0.612 e. The van der Waals surface area contributed by atoms with Crippen molar-refractivity contribution < 1.29 is 24.0 Å². The molecule has 0 aromatic heterocycles. The minimum absolute atomic E-state index is 0.312. The van der Waals surface area contributed by atoms with Crippen LogP contribution in [-0.4, -0.2) is 34.3 Å². The van der Waals surface area contributed by atoms with Crippen LogP contribution < -0.4 is 4.74 Å². The van der Waals surface area contributed by atoms with E-state index >= 15 is 0 Å². The normalized spacial score (nSPS) is 10.6. The van der Waals surface area contributed by atoms with Crippen molar-refractivity contribution in [1.29, 1.82) is 5.26 Å². The van der Waals surface area contributed by atoms with Gasteiger partial charge < -0.3 is 14.4 Å². The maximum Gasteiger partial charge on any atom is 0.310 e. The monoisotopic (exact) mass is 311 g/mol. The van der Waals surface area contributed by atoms with Crippen molar-refractivity contribution in [1.82, 2.24) is 0 Å². The summed E-state index contributed by atoms with van der Waals surface area (Å²) < 4.78 is 16.4. The molecule has 1 rings (SSSR count). The van der Waals surface area contributed by atoms with Gasteiger partial charge in [-0.05, 0) is 37.2 Å². The molecule has 21 heavy (non-hydrogen) atoms. The standard InChI is InChI=1S/C10H11NO2S.C4H6O3/c1-3-13-10-6-9(14(2)12)5-4-8(10)7-11;1-3(5)2-4(6)7/h4-6H,3H2,1-2H3;2H2,1H3,(H,6,7). The van der Waals surface area contributed by atoms with E-state index in [1.807, 2.05) is 13.0 Å². The summed E-state index contributed by atoms with van der Waals surface area (Å²) in [5.41, 5.74) is 0.473. The van der Waals surface area contributed by atoms with Crippen molar-refractivity contribution in [3.8, 4) is 11.8 Å². The highest BCUT2D eigenvalue weighted by Crippen LogP contribution is 2.22. The third-order valence-electron chi connectivity index (χ3n) is 2.11. The highest BCUT2D eigenvalue weighted by atomic mass is 32.2. The number of benzene rings is 1. The third kappa shape index (κ3) is 7.97. The molecule has 1 aromatic carbocycles. The molecule has 1 atom stereocenters. The Bertz CT molecular complexity index is 525. The lowest BCUT2D eigenvalue weighted by molar-refractivity contribution is -0.139. The number of aliphatic carboxylic acids is 1. The van der Waals surface area contributed by atoms with Crippen molar-refractivity contribution in [3.05, 3.63) is 23.8 Å². The molecule has 0 amide bonds. The van der Waals surface area contributed by atoms with Crippen molar-refractivity contribution >= 4 is 22.9 Å². The number of ketones is 1. The van der Waals surface area contributed by atoms with Gasteiger partial charge in [-0.1, -0.05) is 0 Å². The van der Waals surface area contributed by atoms with Gasteiger partial charge in [-0.2, -0.15) is 5.26 Å². The number of rotatable bonds is 5. The van der Waals surface area contributed by atoms with Gasteiger partial charge in [0, 0.05) is 6.07 Å². The quantitative estimate of drug-likeness (QED) is 0.655. The fourth-order valence-electron chi connectivity index (χ4n) is 1.26. The van der Waals surface area contributed by atoms with Crippen molar-refractivity contribution in [2.24, 2.45) is 0 Å². The van der Waals surface area contributed by atoms with Gasteiger partial charge in [-0.15, -0.1) is 0 Å². The number of Topliss-reactive ketones (excluding diaryl/α,β-unsaturated/α-hetero) is 1. The molecule has 0 spiro atoms. The van der Waals surface area contributed by atoms with E-state index in [1.54, 1.807) is 24.5 Å². The van der Waals surface area contributed by atoms with Crippen LogP contribution in [-0.2, 0) is 20.8 Å². The fraction of sp³-hybridized carbons (Fsp3) is 0.357. The first-order chi connectivity index (χ1) is 9.81. The molecule has 0 aliphatic carbocycles. The Morgan fingerprint density at radius 2 is 2.10 bits per heavy atom. The molecule has 6 nitrogen and oxygen atoms in total. The first-order valence-corrected chi connectivity index (χ1v) is 7.59. The Kier molecular flexibility index (Phi) is 8.85. The van der Waals surface area contributed by atoms with Crippen LogP contribution in [0.25, 0.3) is 0 Å². The van der Waals surface area contributed by atoms with E-state index in [0.29, 0.717) is 22.8 Å². The molecular weight excluding hydrogens is 294 g/mol. The lowest BCUT2D eigenvalue weighted by atomic mass is 10.2. The molecule has 114 valence electrons. The predicted molar refractivity (Wildman–Crippen MR) is 77.6 cm³/mol. The average Bonchev–Trinajstić information content (AvgIpc) is 2.38. The topological polar surface area (TPSA) is 110 Å². The van der Waals surface area contributed by atoms with Gasteiger partial charge in [0.25, 0.3) is 0 Å². The number of carbonyl (C=O) groups excluding carboxylic acids is 1. The lowest BCUT2D eigenvalue weighted by Gasteiger charge is -2.08. The molecule has 1 unspecified atom stereocenters. The van der Waals surface area contributed by atoms with Crippen LogP contribution >= 0.6 is 0 Å². The Hall–Kier alpha value is -2.04. The van der Waals surface area contributed by atoms with E-state index in [2.05, 4.69) is 0 Å². The van der Waals surface area contributed by atoms with Crippen LogP contribution in [0.1, 0.15) is 25.8 Å². The van der Waals surface area contributed by atoms with E-state index < -0.39 is 17.1 Å². The SMILES string of the molecule is CC(=O)CC(=O)O.CCOc1cc([S+](C)[O-])ccc1C#N. The van der Waals surface area contributed by atoms with E-state index in [-0.39, 0.29) is 12.2 Å². The van der Waals surface area contributed by atoms with Crippen LogP contribution in [0, 0.1) is 11.3 Å². The zero-order valence-corrected chi connectivity index (χ0v) is 12.9. The minimum atomic E-state index is -1.06. The molecule has 1 aromatic rings. The highest BCUT2D eigenvalue weighted by molar-refractivity contribution is 7.90. The van der Waals surface area contributed by atoms with E-state index in [4.69, 9.17) is 15.1 Å². The van der Waals surface area contributed by atoms with Crippen LogP contribution in [0.15, 0.2) is 23.1 Å². The molecule has 0 heterocycles. The van der Waals surface area contributed by atoms with E-state index in [9.17, 15) is 14.1 Å².